The van der Waals surface area contributed by atoms with Crippen LogP contribution in [0.3, 0.4) is 0 Å². The molecule has 1 amide bonds. The van der Waals surface area contributed by atoms with Gasteiger partial charge in [0.25, 0.3) is 11.7 Å². The van der Waals surface area contributed by atoms with Crippen molar-refractivity contribution in [2.24, 2.45) is 0 Å². The van der Waals surface area contributed by atoms with Crippen molar-refractivity contribution in [1.29, 1.82) is 0 Å². The van der Waals surface area contributed by atoms with E-state index in [-0.39, 0.29) is 16.4 Å². The monoisotopic (exact) mass is 415 g/mol. The number of ether oxygens (including phenoxy) is 2. The summed E-state index contributed by atoms with van der Waals surface area (Å²) in [5.74, 6) is -0.708. The number of aliphatic hydroxyl groups is 1. The van der Waals surface area contributed by atoms with Crippen LogP contribution < -0.4 is 9.47 Å². The molecular formula is C22H22ClNO5. The van der Waals surface area contributed by atoms with Gasteiger partial charge in [0.15, 0.2) is 0 Å². The van der Waals surface area contributed by atoms with E-state index in [1.165, 1.54) is 25.2 Å². The molecule has 0 bridgehead atoms. The number of likely N-dealkylation sites (tertiary alicyclic amines) is 1. The molecular weight excluding hydrogens is 394 g/mol. The van der Waals surface area contributed by atoms with Crippen LogP contribution in [-0.4, -0.2) is 42.5 Å². The van der Waals surface area contributed by atoms with Crippen molar-refractivity contribution in [2.45, 2.75) is 19.4 Å². The van der Waals surface area contributed by atoms with E-state index in [0.29, 0.717) is 35.6 Å². The van der Waals surface area contributed by atoms with Crippen LogP contribution in [0.15, 0.2) is 48.0 Å². The number of carbonyl (C=O) groups is 2. The van der Waals surface area contributed by atoms with Crippen molar-refractivity contribution in [3.8, 4) is 11.5 Å². The van der Waals surface area contributed by atoms with Gasteiger partial charge in [-0.15, -0.1) is 0 Å². The number of carbonyl (C=O) groups excluding carboxylic acids is 2. The van der Waals surface area contributed by atoms with Gasteiger partial charge in [-0.05, 0) is 30.7 Å². The minimum absolute atomic E-state index is 0.00850. The fraction of sp³-hybridized carbons (Fsp3) is 0.273. The van der Waals surface area contributed by atoms with Crippen LogP contribution in [-0.2, 0) is 9.59 Å². The number of ketones is 1. The maximum Gasteiger partial charge on any atom is 0.295 e. The lowest BCUT2D eigenvalue weighted by molar-refractivity contribution is -0.139. The van der Waals surface area contributed by atoms with Crippen molar-refractivity contribution in [3.63, 3.8) is 0 Å². The third-order valence-electron chi connectivity index (χ3n) is 4.86. The van der Waals surface area contributed by atoms with Crippen molar-refractivity contribution in [2.75, 3.05) is 20.8 Å². The highest BCUT2D eigenvalue weighted by Crippen LogP contribution is 2.43. The average molecular weight is 416 g/mol. The number of hydrogen-bond acceptors (Lipinski definition) is 5. The summed E-state index contributed by atoms with van der Waals surface area (Å²) in [7, 11) is 3.01. The van der Waals surface area contributed by atoms with E-state index in [1.807, 2.05) is 6.92 Å². The lowest BCUT2D eigenvalue weighted by Gasteiger charge is -2.26. The fourth-order valence-electron chi connectivity index (χ4n) is 3.54. The average Bonchev–Trinajstić information content (AvgIpc) is 2.98. The Morgan fingerprint density at radius 1 is 1.10 bits per heavy atom. The Kier molecular flexibility index (Phi) is 6.13. The minimum Gasteiger partial charge on any atom is -0.507 e. The number of benzene rings is 2. The maximum atomic E-state index is 12.9. The molecule has 1 fully saturated rings. The Morgan fingerprint density at radius 2 is 1.79 bits per heavy atom. The molecule has 29 heavy (non-hydrogen) atoms. The van der Waals surface area contributed by atoms with Gasteiger partial charge in [-0.2, -0.15) is 0 Å². The second-order valence-electron chi connectivity index (χ2n) is 6.58. The Hall–Kier alpha value is -2.99. The van der Waals surface area contributed by atoms with Crippen molar-refractivity contribution < 1.29 is 24.2 Å². The van der Waals surface area contributed by atoms with Crippen LogP contribution in [0.1, 0.15) is 30.5 Å². The first-order valence-electron chi connectivity index (χ1n) is 9.19. The van der Waals surface area contributed by atoms with Gasteiger partial charge in [0, 0.05) is 17.7 Å². The summed E-state index contributed by atoms with van der Waals surface area (Å²) in [5, 5.41) is 11.3. The van der Waals surface area contributed by atoms with Crippen LogP contribution in [0.2, 0.25) is 5.02 Å². The molecule has 152 valence electrons. The van der Waals surface area contributed by atoms with Gasteiger partial charge < -0.3 is 19.5 Å². The standard InChI is InChI=1S/C22H22ClNO5/c1-4-11-24-19(14-7-5-6-8-16(14)28-2)18(21(26)22(24)27)20(25)13-9-10-17(29-3)15(23)12-13/h5-10,12,19,25H,4,11H2,1-3H3/b20-18+. The van der Waals surface area contributed by atoms with Crippen LogP contribution in [0.5, 0.6) is 11.5 Å². The smallest absolute Gasteiger partial charge is 0.295 e. The number of hydrogen-bond donors (Lipinski definition) is 1. The summed E-state index contributed by atoms with van der Waals surface area (Å²) in [4.78, 5) is 27.1. The van der Waals surface area contributed by atoms with Crippen molar-refractivity contribution >= 4 is 29.1 Å². The quantitative estimate of drug-likeness (QED) is 0.435. The van der Waals surface area contributed by atoms with E-state index in [2.05, 4.69) is 0 Å². The lowest BCUT2D eigenvalue weighted by Crippen LogP contribution is -2.30. The van der Waals surface area contributed by atoms with Gasteiger partial charge in [-0.3, -0.25) is 9.59 Å². The molecule has 7 heteroatoms. The minimum atomic E-state index is -0.757. The number of nitrogens with zero attached hydrogens (tertiary/aromatic N) is 1. The first-order valence-corrected chi connectivity index (χ1v) is 9.57. The number of halogens is 1. The summed E-state index contributed by atoms with van der Waals surface area (Å²) in [5.41, 5.74) is 0.961. The molecule has 1 aliphatic heterocycles. The molecule has 0 aliphatic carbocycles. The number of para-hydroxylation sites is 1. The Bertz CT molecular complexity index is 985. The molecule has 2 aromatic rings. The van der Waals surface area contributed by atoms with Crippen molar-refractivity contribution in [1.82, 2.24) is 4.90 Å². The summed E-state index contributed by atoms with van der Waals surface area (Å²) < 4.78 is 10.6. The molecule has 1 atom stereocenters. The second-order valence-corrected chi connectivity index (χ2v) is 6.99. The first kappa shape index (κ1) is 20.7. The van der Waals surface area contributed by atoms with Crippen LogP contribution in [0.4, 0.5) is 0 Å². The summed E-state index contributed by atoms with van der Waals surface area (Å²) in [6, 6.07) is 11.1. The van der Waals surface area contributed by atoms with Gasteiger partial charge in [-0.25, -0.2) is 0 Å². The van der Waals surface area contributed by atoms with Gasteiger partial charge in [0.05, 0.1) is 30.9 Å². The second kappa shape index (κ2) is 8.57. The lowest BCUT2D eigenvalue weighted by atomic mass is 9.94. The fourth-order valence-corrected chi connectivity index (χ4v) is 3.79. The highest BCUT2D eigenvalue weighted by Gasteiger charge is 2.46. The summed E-state index contributed by atoms with van der Waals surface area (Å²) in [6.45, 7) is 2.29. The van der Waals surface area contributed by atoms with Crippen LogP contribution in [0.25, 0.3) is 5.76 Å². The number of amides is 1. The Balaban J connectivity index is 2.23. The van der Waals surface area contributed by atoms with E-state index < -0.39 is 17.7 Å². The molecule has 1 saturated heterocycles. The highest BCUT2D eigenvalue weighted by atomic mass is 35.5. The SMILES string of the molecule is CCCN1C(=O)C(=O)/C(=C(/O)c2ccc(OC)c(Cl)c2)C1c1ccccc1OC. The molecule has 1 N–H and O–H groups in total. The number of Topliss-reactive ketones (excluding diaryl/α,β-unsaturated/α-hetero) is 1. The third kappa shape index (κ3) is 3.68. The molecule has 2 aromatic carbocycles. The largest absolute Gasteiger partial charge is 0.507 e. The van der Waals surface area contributed by atoms with E-state index >= 15 is 0 Å². The van der Waals surface area contributed by atoms with Gasteiger partial charge >= 0.3 is 0 Å². The predicted molar refractivity (Wildman–Crippen MR) is 110 cm³/mol. The first-order chi connectivity index (χ1) is 13.9. The molecule has 3 rings (SSSR count). The normalized spacial score (nSPS) is 18.2. The van der Waals surface area contributed by atoms with Gasteiger partial charge in [0.2, 0.25) is 0 Å². The zero-order valence-electron chi connectivity index (χ0n) is 16.4. The molecule has 0 aromatic heterocycles. The molecule has 6 nitrogen and oxygen atoms in total. The molecule has 0 saturated carbocycles. The zero-order chi connectivity index (χ0) is 21.1. The molecule has 1 aliphatic rings. The van der Waals surface area contributed by atoms with E-state index in [0.717, 1.165) is 0 Å². The predicted octanol–water partition coefficient (Wildman–Crippen LogP) is 4.19. The van der Waals surface area contributed by atoms with Crippen LogP contribution in [0, 0.1) is 0 Å². The Labute approximate surface area is 174 Å². The molecule has 1 unspecified atom stereocenters. The van der Waals surface area contributed by atoms with E-state index in [1.54, 1.807) is 36.4 Å². The number of aliphatic hydroxyl groups excluding tert-OH is 1. The molecule has 0 radical (unpaired) electrons. The Morgan fingerprint density at radius 3 is 2.41 bits per heavy atom. The maximum absolute atomic E-state index is 12.9. The van der Waals surface area contributed by atoms with E-state index in [9.17, 15) is 14.7 Å². The highest BCUT2D eigenvalue weighted by molar-refractivity contribution is 6.46. The molecule has 1 heterocycles. The third-order valence-corrected chi connectivity index (χ3v) is 5.16. The van der Waals surface area contributed by atoms with Crippen molar-refractivity contribution in [3.05, 3.63) is 64.2 Å². The number of methoxy groups -OCH3 is 2. The van der Waals surface area contributed by atoms with Crippen LogP contribution >= 0.6 is 11.6 Å². The summed E-state index contributed by atoms with van der Waals surface area (Å²) in [6.07, 6.45) is 0.660. The van der Waals surface area contributed by atoms with Gasteiger partial charge in [0.1, 0.15) is 17.3 Å². The topological polar surface area (TPSA) is 76.1 Å². The zero-order valence-corrected chi connectivity index (χ0v) is 17.2. The molecule has 0 spiro atoms. The number of rotatable bonds is 6. The van der Waals surface area contributed by atoms with Gasteiger partial charge in [-0.1, -0.05) is 36.7 Å². The summed E-state index contributed by atoms with van der Waals surface area (Å²) >= 11 is 6.18. The van der Waals surface area contributed by atoms with E-state index in [4.69, 9.17) is 21.1 Å².